The van der Waals surface area contributed by atoms with E-state index in [1.165, 1.54) is 0 Å². The van der Waals surface area contributed by atoms with E-state index < -0.39 is 11.9 Å². The Morgan fingerprint density at radius 2 is 1.93 bits per heavy atom. The number of carbonyl (C=O) groups is 2. The van der Waals surface area contributed by atoms with Crippen molar-refractivity contribution in [3.05, 3.63) is 53.2 Å². The van der Waals surface area contributed by atoms with Crippen LogP contribution in [0.2, 0.25) is 0 Å². The normalized spacial score (nSPS) is 11.2. The molecule has 0 saturated heterocycles. The van der Waals surface area contributed by atoms with Crippen LogP contribution < -0.4 is 5.73 Å². The zero-order valence-electron chi connectivity index (χ0n) is 16.8. The van der Waals surface area contributed by atoms with Gasteiger partial charge < -0.3 is 24.2 Å². The lowest BCUT2D eigenvalue weighted by molar-refractivity contribution is 0.0463. The fourth-order valence-electron chi connectivity index (χ4n) is 3.41. The number of nitrogens with two attached hydrogens (primary N) is 1. The molecule has 4 rings (SSSR count). The molecule has 0 aliphatic carbocycles. The van der Waals surface area contributed by atoms with Gasteiger partial charge in [0.05, 0.1) is 17.6 Å². The standard InChI is InChI=1S/C21H20N4O5/c1-4-28-21(27)16-11(2)30-19-17(16)18(22)23-15(24-19)10-29-20(26)13-9-25(3)14-8-6-5-7-12(13)14/h5-9H,4,10H2,1-3H3,(H2,22,23,24). The van der Waals surface area contributed by atoms with Crippen molar-refractivity contribution >= 4 is 39.8 Å². The number of rotatable bonds is 5. The van der Waals surface area contributed by atoms with Crippen LogP contribution in [0.3, 0.4) is 0 Å². The molecule has 2 N–H and O–H groups in total. The van der Waals surface area contributed by atoms with Gasteiger partial charge in [-0.25, -0.2) is 14.6 Å². The Kier molecular flexibility index (Phi) is 4.86. The summed E-state index contributed by atoms with van der Waals surface area (Å²) in [4.78, 5) is 33.2. The van der Waals surface area contributed by atoms with Crippen LogP contribution in [0.5, 0.6) is 0 Å². The number of aryl methyl sites for hydroxylation is 2. The lowest BCUT2D eigenvalue weighted by Crippen LogP contribution is -2.10. The molecule has 9 nitrogen and oxygen atoms in total. The number of nitrogens with zero attached hydrogens (tertiary/aromatic N) is 3. The first-order valence-corrected chi connectivity index (χ1v) is 9.34. The average Bonchev–Trinajstić information content (AvgIpc) is 3.23. The van der Waals surface area contributed by atoms with Crippen molar-refractivity contribution in [1.29, 1.82) is 0 Å². The minimum Gasteiger partial charge on any atom is -0.462 e. The second-order valence-corrected chi connectivity index (χ2v) is 6.71. The lowest BCUT2D eigenvalue weighted by atomic mass is 10.2. The summed E-state index contributed by atoms with van der Waals surface area (Å²) in [6.07, 6.45) is 1.72. The summed E-state index contributed by atoms with van der Waals surface area (Å²) in [5, 5.41) is 1.08. The molecule has 0 fully saturated rings. The first-order valence-electron chi connectivity index (χ1n) is 9.34. The predicted molar refractivity (Wildman–Crippen MR) is 109 cm³/mol. The van der Waals surface area contributed by atoms with Crippen molar-refractivity contribution in [3.8, 4) is 0 Å². The van der Waals surface area contributed by atoms with Gasteiger partial charge in [0.25, 0.3) is 0 Å². The number of benzene rings is 1. The number of carbonyl (C=O) groups excluding carboxylic acids is 2. The van der Waals surface area contributed by atoms with Crippen LogP contribution in [-0.4, -0.2) is 33.1 Å². The van der Waals surface area contributed by atoms with Crippen LogP contribution in [0.1, 0.15) is 39.2 Å². The number of furan rings is 1. The van der Waals surface area contributed by atoms with Crippen LogP contribution in [-0.2, 0) is 23.1 Å². The Morgan fingerprint density at radius 3 is 2.70 bits per heavy atom. The quantitative estimate of drug-likeness (QED) is 0.500. The molecular weight excluding hydrogens is 388 g/mol. The van der Waals surface area contributed by atoms with E-state index in [2.05, 4.69) is 9.97 Å². The maximum Gasteiger partial charge on any atom is 0.342 e. The zero-order valence-corrected chi connectivity index (χ0v) is 16.8. The first-order chi connectivity index (χ1) is 14.4. The van der Waals surface area contributed by atoms with Gasteiger partial charge in [0, 0.05) is 24.1 Å². The molecule has 1 aromatic carbocycles. The van der Waals surface area contributed by atoms with Crippen LogP contribution in [0.4, 0.5) is 5.82 Å². The Labute approximate surface area is 171 Å². The summed E-state index contributed by atoms with van der Waals surface area (Å²) in [5.41, 5.74) is 7.74. The Bertz CT molecular complexity index is 1290. The minimum absolute atomic E-state index is 0.0520. The molecule has 0 atom stereocenters. The Morgan fingerprint density at radius 1 is 1.17 bits per heavy atom. The second-order valence-electron chi connectivity index (χ2n) is 6.71. The van der Waals surface area contributed by atoms with Gasteiger partial charge in [-0.3, -0.25) is 0 Å². The number of aromatic nitrogens is 3. The smallest absolute Gasteiger partial charge is 0.342 e. The number of hydrogen-bond acceptors (Lipinski definition) is 8. The highest BCUT2D eigenvalue weighted by Gasteiger charge is 2.24. The number of anilines is 1. The number of nitrogen functional groups attached to an aromatic ring is 1. The summed E-state index contributed by atoms with van der Waals surface area (Å²) >= 11 is 0. The summed E-state index contributed by atoms with van der Waals surface area (Å²) in [6, 6.07) is 7.54. The van der Waals surface area contributed by atoms with E-state index in [-0.39, 0.29) is 41.5 Å². The summed E-state index contributed by atoms with van der Waals surface area (Å²) in [5.74, 6) is -0.515. The van der Waals surface area contributed by atoms with Crippen molar-refractivity contribution in [3.63, 3.8) is 0 Å². The molecule has 154 valence electrons. The maximum absolute atomic E-state index is 12.6. The second kappa shape index (κ2) is 7.51. The molecule has 0 spiro atoms. The molecule has 0 unspecified atom stereocenters. The summed E-state index contributed by atoms with van der Waals surface area (Å²) in [7, 11) is 1.86. The maximum atomic E-state index is 12.6. The van der Waals surface area contributed by atoms with Gasteiger partial charge in [0.1, 0.15) is 17.1 Å². The van der Waals surface area contributed by atoms with E-state index in [0.29, 0.717) is 11.3 Å². The van der Waals surface area contributed by atoms with Gasteiger partial charge in [0.15, 0.2) is 12.4 Å². The molecule has 9 heteroatoms. The van der Waals surface area contributed by atoms with Gasteiger partial charge in [-0.15, -0.1) is 0 Å². The number of ether oxygens (including phenoxy) is 2. The van der Waals surface area contributed by atoms with Crippen molar-refractivity contribution < 1.29 is 23.5 Å². The van der Waals surface area contributed by atoms with Crippen molar-refractivity contribution in [2.45, 2.75) is 20.5 Å². The Hall–Kier alpha value is -3.88. The van der Waals surface area contributed by atoms with Crippen molar-refractivity contribution in [1.82, 2.24) is 14.5 Å². The third kappa shape index (κ3) is 3.24. The number of esters is 2. The third-order valence-electron chi connectivity index (χ3n) is 4.73. The minimum atomic E-state index is -0.556. The van der Waals surface area contributed by atoms with Crippen LogP contribution in [0.15, 0.2) is 34.9 Å². The Balaban J connectivity index is 1.60. The fraction of sp³-hybridized carbons (Fsp3) is 0.238. The third-order valence-corrected chi connectivity index (χ3v) is 4.73. The number of fused-ring (bicyclic) bond motifs is 2. The first kappa shape index (κ1) is 19.4. The van der Waals surface area contributed by atoms with E-state index in [9.17, 15) is 9.59 Å². The van der Waals surface area contributed by atoms with E-state index in [0.717, 1.165) is 10.9 Å². The van der Waals surface area contributed by atoms with E-state index >= 15 is 0 Å². The molecule has 0 amide bonds. The van der Waals surface area contributed by atoms with Crippen LogP contribution in [0, 0.1) is 6.92 Å². The van der Waals surface area contributed by atoms with Crippen molar-refractivity contribution in [2.24, 2.45) is 7.05 Å². The number of hydrogen-bond donors (Lipinski definition) is 1. The van der Waals surface area contributed by atoms with E-state index in [1.807, 2.05) is 35.9 Å². The molecule has 3 aromatic heterocycles. The summed E-state index contributed by atoms with van der Waals surface area (Å²) < 4.78 is 17.9. The van der Waals surface area contributed by atoms with E-state index in [1.54, 1.807) is 20.0 Å². The van der Waals surface area contributed by atoms with Gasteiger partial charge >= 0.3 is 11.9 Å². The van der Waals surface area contributed by atoms with Gasteiger partial charge in [-0.05, 0) is 19.9 Å². The monoisotopic (exact) mass is 408 g/mol. The fourth-order valence-corrected chi connectivity index (χ4v) is 3.41. The molecular formula is C21H20N4O5. The molecule has 0 saturated carbocycles. The molecule has 0 aliphatic rings. The van der Waals surface area contributed by atoms with Crippen LogP contribution in [0.25, 0.3) is 22.0 Å². The summed E-state index contributed by atoms with van der Waals surface area (Å²) in [6.45, 7) is 3.34. The van der Waals surface area contributed by atoms with Gasteiger partial charge in [-0.1, -0.05) is 18.2 Å². The van der Waals surface area contributed by atoms with E-state index in [4.69, 9.17) is 19.6 Å². The average molecular weight is 408 g/mol. The largest absolute Gasteiger partial charge is 0.462 e. The topological polar surface area (TPSA) is 122 Å². The molecule has 0 bridgehead atoms. The van der Waals surface area contributed by atoms with Gasteiger partial charge in [-0.2, -0.15) is 4.98 Å². The highest BCUT2D eigenvalue weighted by molar-refractivity contribution is 6.07. The van der Waals surface area contributed by atoms with Crippen molar-refractivity contribution in [2.75, 3.05) is 12.3 Å². The molecule has 3 heterocycles. The molecule has 0 aliphatic heterocycles. The molecule has 30 heavy (non-hydrogen) atoms. The highest BCUT2D eigenvalue weighted by Crippen LogP contribution is 2.29. The van der Waals surface area contributed by atoms with Gasteiger partial charge in [0.2, 0.25) is 5.71 Å². The lowest BCUT2D eigenvalue weighted by Gasteiger charge is -2.05. The molecule has 4 aromatic rings. The molecule has 0 radical (unpaired) electrons. The highest BCUT2D eigenvalue weighted by atomic mass is 16.5. The predicted octanol–water partition coefficient (Wildman–Crippen LogP) is 3.14. The zero-order chi connectivity index (χ0) is 21.4. The number of para-hydroxylation sites is 1. The van der Waals surface area contributed by atoms with Crippen LogP contribution >= 0.6 is 0 Å². The SMILES string of the molecule is CCOC(=O)c1c(C)oc2nc(COC(=O)c3cn(C)c4ccccc34)nc(N)c12.